The Labute approximate surface area is 169 Å². The molecule has 5 nitrogen and oxygen atoms in total. The first-order chi connectivity index (χ1) is 13.5. The second-order valence-corrected chi connectivity index (χ2v) is 7.74. The maximum absolute atomic E-state index is 12.6. The summed E-state index contributed by atoms with van der Waals surface area (Å²) in [5.74, 6) is 0.537. The Morgan fingerprint density at radius 3 is 2.46 bits per heavy atom. The summed E-state index contributed by atoms with van der Waals surface area (Å²) in [6, 6.07) is 15.3. The molecule has 3 rings (SSSR count). The smallest absolute Gasteiger partial charge is 0.241 e. The van der Waals surface area contributed by atoms with Crippen molar-refractivity contribution in [1.82, 2.24) is 10.3 Å². The van der Waals surface area contributed by atoms with Crippen LogP contribution >= 0.6 is 11.3 Å². The van der Waals surface area contributed by atoms with Crippen LogP contribution in [0.1, 0.15) is 30.5 Å². The van der Waals surface area contributed by atoms with Crippen LogP contribution in [-0.2, 0) is 4.79 Å². The lowest BCUT2D eigenvalue weighted by molar-refractivity contribution is -0.117. The van der Waals surface area contributed by atoms with Crippen molar-refractivity contribution in [3.8, 4) is 17.0 Å². The van der Waals surface area contributed by atoms with Gasteiger partial charge in [-0.25, -0.2) is 4.98 Å². The van der Waals surface area contributed by atoms with Crippen LogP contribution in [0.3, 0.4) is 0 Å². The van der Waals surface area contributed by atoms with E-state index in [2.05, 4.69) is 52.2 Å². The summed E-state index contributed by atoms with van der Waals surface area (Å²) in [4.78, 5) is 17.1. The number of para-hydroxylation sites is 2. The van der Waals surface area contributed by atoms with Crippen LogP contribution in [0.4, 0.5) is 5.69 Å². The van der Waals surface area contributed by atoms with Gasteiger partial charge in [0.15, 0.2) is 0 Å². The van der Waals surface area contributed by atoms with Gasteiger partial charge in [-0.1, -0.05) is 36.4 Å². The Morgan fingerprint density at radius 2 is 1.82 bits per heavy atom. The third-order valence-corrected chi connectivity index (χ3v) is 5.36. The third kappa shape index (κ3) is 4.77. The molecule has 0 unspecified atom stereocenters. The molecule has 0 aliphatic heterocycles. The largest absolute Gasteiger partial charge is 0.495 e. The molecule has 1 heterocycles. The van der Waals surface area contributed by atoms with E-state index in [1.165, 1.54) is 0 Å². The van der Waals surface area contributed by atoms with Crippen molar-refractivity contribution in [1.29, 1.82) is 0 Å². The van der Waals surface area contributed by atoms with E-state index in [0.29, 0.717) is 11.4 Å². The van der Waals surface area contributed by atoms with Crippen molar-refractivity contribution in [2.45, 2.75) is 32.9 Å². The predicted octanol–water partition coefficient (Wildman–Crippen LogP) is 4.80. The van der Waals surface area contributed by atoms with E-state index in [1.54, 1.807) is 18.4 Å². The minimum Gasteiger partial charge on any atom is -0.495 e. The lowest BCUT2D eigenvalue weighted by Crippen LogP contribution is -2.39. The Hall–Kier alpha value is -2.70. The average molecular weight is 396 g/mol. The normalized spacial score (nSPS) is 13.0. The summed E-state index contributed by atoms with van der Waals surface area (Å²) >= 11 is 1.65. The van der Waals surface area contributed by atoms with Gasteiger partial charge in [-0.15, -0.1) is 11.3 Å². The number of hydrogen-bond acceptors (Lipinski definition) is 5. The molecule has 6 heteroatoms. The van der Waals surface area contributed by atoms with Crippen LogP contribution in [0.25, 0.3) is 11.3 Å². The van der Waals surface area contributed by atoms with Crippen molar-refractivity contribution < 1.29 is 9.53 Å². The van der Waals surface area contributed by atoms with Gasteiger partial charge in [0.2, 0.25) is 5.91 Å². The Morgan fingerprint density at radius 1 is 1.11 bits per heavy atom. The maximum Gasteiger partial charge on any atom is 0.241 e. The van der Waals surface area contributed by atoms with Crippen LogP contribution in [-0.4, -0.2) is 24.0 Å². The highest BCUT2D eigenvalue weighted by atomic mass is 32.1. The molecule has 0 aliphatic carbocycles. The van der Waals surface area contributed by atoms with Gasteiger partial charge in [-0.3, -0.25) is 10.1 Å². The second-order valence-electron chi connectivity index (χ2n) is 6.67. The average Bonchev–Trinajstić information content (AvgIpc) is 3.14. The van der Waals surface area contributed by atoms with E-state index in [1.807, 2.05) is 38.1 Å². The highest BCUT2D eigenvalue weighted by Crippen LogP contribution is 2.25. The summed E-state index contributed by atoms with van der Waals surface area (Å²) < 4.78 is 5.29. The molecule has 3 aromatic rings. The number of carbonyl (C=O) groups excluding carboxylic acids is 1. The van der Waals surface area contributed by atoms with E-state index in [9.17, 15) is 4.79 Å². The van der Waals surface area contributed by atoms with Gasteiger partial charge in [-0.2, -0.15) is 0 Å². The number of aryl methyl sites for hydroxylation is 1. The van der Waals surface area contributed by atoms with Crippen LogP contribution in [0.15, 0.2) is 53.9 Å². The Balaban J connectivity index is 1.61. The van der Waals surface area contributed by atoms with E-state index in [4.69, 9.17) is 4.74 Å². The summed E-state index contributed by atoms with van der Waals surface area (Å²) in [5, 5.41) is 9.39. The molecule has 1 amide bonds. The lowest BCUT2D eigenvalue weighted by atomic mass is 10.0. The van der Waals surface area contributed by atoms with Crippen molar-refractivity contribution in [3.63, 3.8) is 0 Å². The molecule has 0 saturated carbocycles. The summed E-state index contributed by atoms with van der Waals surface area (Å²) in [7, 11) is 1.59. The zero-order chi connectivity index (χ0) is 20.1. The number of nitrogens with one attached hydrogen (secondary N) is 2. The molecule has 146 valence electrons. The molecule has 0 aliphatic rings. The molecule has 0 spiro atoms. The molecule has 2 aromatic carbocycles. The quantitative estimate of drug-likeness (QED) is 0.603. The van der Waals surface area contributed by atoms with Gasteiger partial charge in [0.25, 0.3) is 0 Å². The second kappa shape index (κ2) is 8.99. The summed E-state index contributed by atoms with van der Waals surface area (Å²) in [6.45, 7) is 5.91. The van der Waals surface area contributed by atoms with Gasteiger partial charge in [-0.05, 0) is 38.5 Å². The lowest BCUT2D eigenvalue weighted by Gasteiger charge is -2.20. The van der Waals surface area contributed by atoms with E-state index in [0.717, 1.165) is 21.8 Å². The van der Waals surface area contributed by atoms with Gasteiger partial charge in [0.05, 0.1) is 29.5 Å². The van der Waals surface area contributed by atoms with Gasteiger partial charge < -0.3 is 10.1 Å². The topological polar surface area (TPSA) is 63.2 Å². The van der Waals surface area contributed by atoms with Gasteiger partial charge in [0.1, 0.15) is 5.75 Å². The van der Waals surface area contributed by atoms with Crippen molar-refractivity contribution in [2.24, 2.45) is 0 Å². The SMILES string of the molecule is COc1ccccc1NC(=O)[C@@H](C)N[C@@H](C)c1ccc(-c2csc(C)n2)cc1. The number of nitrogens with zero attached hydrogens (tertiary/aromatic N) is 1. The zero-order valence-electron chi connectivity index (χ0n) is 16.5. The Bertz CT molecular complexity index is 937. The minimum atomic E-state index is -0.360. The maximum atomic E-state index is 12.6. The molecule has 0 bridgehead atoms. The summed E-state index contributed by atoms with van der Waals surface area (Å²) in [5.41, 5.74) is 3.88. The Kier molecular flexibility index (Phi) is 6.44. The molecule has 0 saturated heterocycles. The monoisotopic (exact) mass is 395 g/mol. The van der Waals surface area contributed by atoms with Crippen LogP contribution in [0.2, 0.25) is 0 Å². The van der Waals surface area contributed by atoms with Gasteiger partial charge >= 0.3 is 0 Å². The first-order valence-corrected chi connectivity index (χ1v) is 10.1. The third-order valence-electron chi connectivity index (χ3n) is 4.58. The van der Waals surface area contributed by atoms with Crippen LogP contribution in [0.5, 0.6) is 5.75 Å². The van der Waals surface area contributed by atoms with Gasteiger partial charge in [0, 0.05) is 17.0 Å². The fraction of sp³-hybridized carbons (Fsp3) is 0.273. The van der Waals surface area contributed by atoms with Crippen molar-refractivity contribution >= 4 is 22.9 Å². The van der Waals surface area contributed by atoms with Crippen LogP contribution in [0, 0.1) is 6.92 Å². The summed E-state index contributed by atoms with van der Waals surface area (Å²) in [6.07, 6.45) is 0. The van der Waals surface area contributed by atoms with E-state index in [-0.39, 0.29) is 18.0 Å². The zero-order valence-corrected chi connectivity index (χ0v) is 17.3. The highest BCUT2D eigenvalue weighted by molar-refractivity contribution is 7.09. The number of ether oxygens (including phenoxy) is 1. The molecule has 2 atom stereocenters. The standard InChI is InChI=1S/C22H25N3O2S/c1-14(17-9-11-18(12-10-17)20-13-28-16(3)24-20)23-15(2)22(26)25-19-7-5-6-8-21(19)27-4/h5-15,23H,1-4H3,(H,25,26)/t14-,15+/m0/s1. The molecule has 0 radical (unpaired) electrons. The number of thiazole rings is 1. The fourth-order valence-electron chi connectivity index (χ4n) is 2.97. The predicted molar refractivity (Wildman–Crippen MR) is 115 cm³/mol. The minimum absolute atomic E-state index is 0.0321. The number of aromatic nitrogens is 1. The first-order valence-electron chi connectivity index (χ1n) is 9.20. The number of benzene rings is 2. The van der Waals surface area contributed by atoms with Crippen molar-refractivity contribution in [3.05, 3.63) is 64.5 Å². The van der Waals surface area contributed by atoms with E-state index >= 15 is 0 Å². The molecule has 28 heavy (non-hydrogen) atoms. The van der Waals surface area contributed by atoms with E-state index < -0.39 is 0 Å². The van der Waals surface area contributed by atoms with Crippen LogP contribution < -0.4 is 15.4 Å². The molecular weight excluding hydrogens is 370 g/mol. The molecule has 0 fully saturated rings. The number of rotatable bonds is 7. The highest BCUT2D eigenvalue weighted by Gasteiger charge is 2.18. The first kappa shape index (κ1) is 20.0. The fourth-order valence-corrected chi connectivity index (χ4v) is 3.60. The molecular formula is C22H25N3O2S. The number of amides is 1. The molecule has 1 aromatic heterocycles. The number of methoxy groups -OCH3 is 1. The number of anilines is 1. The van der Waals surface area contributed by atoms with Crippen molar-refractivity contribution in [2.75, 3.05) is 12.4 Å². The number of hydrogen-bond donors (Lipinski definition) is 2. The number of carbonyl (C=O) groups is 1. The molecule has 2 N–H and O–H groups in total.